The Morgan fingerprint density at radius 3 is 2.62 bits per heavy atom. The maximum atomic E-state index is 11.7. The van der Waals surface area contributed by atoms with Gasteiger partial charge in [-0.15, -0.1) is 0 Å². The molecule has 0 unspecified atom stereocenters. The molecule has 1 heterocycles. The highest BCUT2D eigenvalue weighted by Crippen LogP contribution is 2.02. The van der Waals surface area contributed by atoms with E-state index in [0.29, 0.717) is 43.8 Å². The van der Waals surface area contributed by atoms with Gasteiger partial charge in [0.15, 0.2) is 5.17 Å². The van der Waals surface area contributed by atoms with Crippen molar-refractivity contribution in [1.29, 1.82) is 5.41 Å². The van der Waals surface area contributed by atoms with Crippen molar-refractivity contribution in [2.24, 2.45) is 5.73 Å². The molecule has 1 rings (SSSR count). The van der Waals surface area contributed by atoms with Crippen molar-refractivity contribution >= 4 is 34.8 Å². The van der Waals surface area contributed by atoms with Gasteiger partial charge >= 0.3 is 6.03 Å². The summed E-state index contributed by atoms with van der Waals surface area (Å²) in [5.41, 5.74) is 5.39. The lowest BCUT2D eigenvalue weighted by molar-refractivity contribution is -0.121. The van der Waals surface area contributed by atoms with E-state index in [2.05, 4.69) is 25.9 Å². The Labute approximate surface area is 155 Å². The Kier molecular flexibility index (Phi) is 9.83. The van der Waals surface area contributed by atoms with Gasteiger partial charge in [0.1, 0.15) is 0 Å². The summed E-state index contributed by atoms with van der Waals surface area (Å²) < 4.78 is 0. The monoisotopic (exact) mass is 383 g/mol. The highest BCUT2D eigenvalue weighted by atomic mass is 32.2. The van der Waals surface area contributed by atoms with E-state index in [1.54, 1.807) is 6.92 Å². The molecule has 0 atom stereocenters. The molecule has 1 aromatic heterocycles. The number of carbonyl (C=O) groups excluding carboxylic acids is 2. The lowest BCUT2D eigenvalue weighted by atomic mass is 10.3. The zero-order valence-electron chi connectivity index (χ0n) is 14.7. The van der Waals surface area contributed by atoms with Gasteiger partial charge < -0.3 is 21.4 Å². The lowest BCUT2D eigenvalue weighted by Gasteiger charge is -2.08. The van der Waals surface area contributed by atoms with Gasteiger partial charge in [-0.2, -0.15) is 4.98 Å². The van der Waals surface area contributed by atoms with Gasteiger partial charge in [-0.3, -0.25) is 20.3 Å². The van der Waals surface area contributed by atoms with E-state index >= 15 is 0 Å². The van der Waals surface area contributed by atoms with Crippen LogP contribution < -0.4 is 27.2 Å². The van der Waals surface area contributed by atoms with Crippen LogP contribution in [0.3, 0.4) is 0 Å². The van der Waals surface area contributed by atoms with Crippen molar-refractivity contribution in [2.45, 2.75) is 32.6 Å². The van der Waals surface area contributed by atoms with Crippen LogP contribution in [0.15, 0.2) is 10.9 Å². The van der Waals surface area contributed by atoms with Crippen LogP contribution in [-0.4, -0.2) is 45.9 Å². The fourth-order valence-electron chi connectivity index (χ4n) is 1.97. The molecule has 0 saturated heterocycles. The zero-order chi connectivity index (χ0) is 19.4. The molecule has 26 heavy (non-hydrogen) atoms. The van der Waals surface area contributed by atoms with Crippen molar-refractivity contribution in [3.05, 3.63) is 22.1 Å². The largest absolute Gasteiger partial charge is 0.379 e. The number of thioether (sulfide) groups is 1. The molecular formula is C15H25N7O3S. The van der Waals surface area contributed by atoms with E-state index in [0.717, 1.165) is 6.42 Å². The minimum Gasteiger partial charge on any atom is -0.379 e. The summed E-state index contributed by atoms with van der Waals surface area (Å²) in [4.78, 5) is 40.9. The van der Waals surface area contributed by atoms with E-state index in [1.807, 2.05) is 0 Å². The molecule has 0 bridgehead atoms. The van der Waals surface area contributed by atoms with Crippen LogP contribution in [0, 0.1) is 12.3 Å². The Morgan fingerprint density at radius 1 is 1.27 bits per heavy atom. The number of unbranched alkanes of at least 4 members (excludes halogenated alkanes) is 1. The molecule has 1 aromatic rings. The van der Waals surface area contributed by atoms with E-state index in [1.165, 1.54) is 17.8 Å². The highest BCUT2D eigenvalue weighted by molar-refractivity contribution is 8.13. The van der Waals surface area contributed by atoms with E-state index in [9.17, 15) is 14.4 Å². The normalized spacial score (nSPS) is 10.2. The molecule has 0 aliphatic heterocycles. The summed E-state index contributed by atoms with van der Waals surface area (Å²) in [6.07, 6.45) is 2.51. The van der Waals surface area contributed by atoms with Crippen LogP contribution in [-0.2, 0) is 4.79 Å². The van der Waals surface area contributed by atoms with E-state index < -0.39 is 11.6 Å². The van der Waals surface area contributed by atoms with Gasteiger partial charge in [0.25, 0.3) is 5.56 Å². The Bertz CT molecular complexity index is 677. The first-order chi connectivity index (χ1) is 12.4. The number of carbonyl (C=O) groups is 2. The smallest absolute Gasteiger partial charge is 0.321 e. The molecule has 0 saturated carbocycles. The first-order valence-corrected chi connectivity index (χ1v) is 9.21. The first-order valence-electron chi connectivity index (χ1n) is 8.23. The van der Waals surface area contributed by atoms with Gasteiger partial charge in [-0.05, 0) is 26.2 Å². The number of hydrogen-bond donors (Lipinski definition) is 6. The molecule has 0 aliphatic rings. The second-order valence-electron chi connectivity index (χ2n) is 5.51. The number of nitrogens with one attached hydrogen (secondary N) is 5. The summed E-state index contributed by atoms with van der Waals surface area (Å²) in [6.45, 7) is 2.67. The lowest BCUT2D eigenvalue weighted by Crippen LogP contribution is -2.31. The van der Waals surface area contributed by atoms with Crippen molar-refractivity contribution in [3.8, 4) is 0 Å². The number of amidine groups is 1. The van der Waals surface area contributed by atoms with Crippen molar-refractivity contribution in [1.82, 2.24) is 20.6 Å². The van der Waals surface area contributed by atoms with Crippen molar-refractivity contribution in [3.63, 3.8) is 0 Å². The minimum absolute atomic E-state index is 0.0330. The molecule has 144 valence electrons. The molecule has 7 N–H and O–H groups in total. The Balaban J connectivity index is 2.06. The predicted molar refractivity (Wildman–Crippen MR) is 102 cm³/mol. The highest BCUT2D eigenvalue weighted by Gasteiger charge is 2.04. The molecule has 11 heteroatoms. The second kappa shape index (κ2) is 11.9. The van der Waals surface area contributed by atoms with Gasteiger partial charge in [-0.1, -0.05) is 11.8 Å². The van der Waals surface area contributed by atoms with Crippen LogP contribution >= 0.6 is 11.8 Å². The number of aromatic nitrogens is 2. The number of amides is 3. The number of nitrogens with zero attached hydrogens (tertiary/aromatic N) is 1. The third-order valence-corrected chi connectivity index (χ3v) is 3.93. The molecular weight excluding hydrogens is 358 g/mol. The molecule has 0 fully saturated rings. The average molecular weight is 383 g/mol. The maximum absolute atomic E-state index is 11.7. The van der Waals surface area contributed by atoms with Gasteiger partial charge in [0, 0.05) is 37.0 Å². The van der Waals surface area contributed by atoms with E-state index in [4.69, 9.17) is 11.1 Å². The Morgan fingerprint density at radius 2 is 1.96 bits per heavy atom. The number of anilines is 1. The first kappa shape index (κ1) is 21.5. The van der Waals surface area contributed by atoms with Crippen LogP contribution in [0.1, 0.15) is 31.4 Å². The van der Waals surface area contributed by atoms with Crippen molar-refractivity contribution < 1.29 is 9.59 Å². The fraction of sp³-hybridized carbons (Fsp3) is 0.533. The number of H-pyrrole nitrogens is 1. The van der Waals surface area contributed by atoms with Gasteiger partial charge in [0.2, 0.25) is 11.9 Å². The number of urea groups is 1. The summed E-state index contributed by atoms with van der Waals surface area (Å²) in [5.74, 6) is 0.722. The predicted octanol–water partition coefficient (Wildman–Crippen LogP) is 0.503. The quantitative estimate of drug-likeness (QED) is 0.195. The number of rotatable bonds is 10. The third kappa shape index (κ3) is 10.3. The van der Waals surface area contributed by atoms with Crippen molar-refractivity contribution in [2.75, 3.05) is 24.2 Å². The Hall–Kier alpha value is -2.56. The standard InChI is InChI=1S/C15H25N7O3S/c1-10-9-12(24)21-14(20-10)22-15(25)19-7-3-2-6-18-11(23)5-4-8-26-13(16)17/h9H,2-8H2,1H3,(H3,16,17)(H,18,23)(H3,19,20,21,22,24,25). The summed E-state index contributed by atoms with van der Waals surface area (Å²) >= 11 is 1.22. The molecule has 0 aromatic carbocycles. The number of aryl methyl sites for hydroxylation is 1. The summed E-state index contributed by atoms with van der Waals surface area (Å²) in [7, 11) is 0. The molecule has 0 radical (unpaired) electrons. The van der Waals surface area contributed by atoms with Gasteiger partial charge in [-0.25, -0.2) is 4.79 Å². The topological polar surface area (TPSA) is 166 Å². The van der Waals surface area contributed by atoms with E-state index in [-0.39, 0.29) is 17.0 Å². The van der Waals surface area contributed by atoms with Crippen LogP contribution in [0.4, 0.5) is 10.7 Å². The van der Waals surface area contributed by atoms with Gasteiger partial charge in [0.05, 0.1) is 0 Å². The van der Waals surface area contributed by atoms with Crippen LogP contribution in [0.25, 0.3) is 0 Å². The number of aromatic amines is 1. The van der Waals surface area contributed by atoms with Crippen LogP contribution in [0.5, 0.6) is 0 Å². The molecule has 3 amide bonds. The molecule has 0 aliphatic carbocycles. The fourth-order valence-corrected chi connectivity index (χ4v) is 2.48. The maximum Gasteiger partial charge on any atom is 0.321 e. The SMILES string of the molecule is Cc1cc(=O)nc(NC(=O)NCCCCNC(=O)CCCSC(=N)N)[nH]1. The summed E-state index contributed by atoms with van der Waals surface area (Å²) in [5, 5.41) is 15.0. The third-order valence-electron chi connectivity index (χ3n) is 3.13. The molecule has 0 spiro atoms. The summed E-state index contributed by atoms with van der Waals surface area (Å²) in [6, 6.07) is 0.880. The second-order valence-corrected chi connectivity index (χ2v) is 6.64. The minimum atomic E-state index is -0.453. The number of nitrogens with two attached hydrogens (primary N) is 1. The van der Waals surface area contributed by atoms with Crippen LogP contribution in [0.2, 0.25) is 0 Å². The zero-order valence-corrected chi connectivity index (χ0v) is 15.5. The number of hydrogen-bond acceptors (Lipinski definition) is 6. The molecule has 10 nitrogen and oxygen atoms in total. The average Bonchev–Trinajstić information content (AvgIpc) is 2.53.